The number of allylic oxidation sites excluding steroid dienone is 2. The number of esters is 1. The second-order valence-electron chi connectivity index (χ2n) is 26.3. The molecule has 0 aliphatic carbocycles. The lowest BCUT2D eigenvalue weighted by Crippen LogP contribution is -2.45. The molecule has 0 saturated carbocycles. The van der Waals surface area contributed by atoms with Gasteiger partial charge < -0.3 is 20.3 Å². The third kappa shape index (κ3) is 67.7. The first-order valence-corrected chi connectivity index (χ1v) is 37.9. The Labute approximate surface area is 514 Å². The van der Waals surface area contributed by atoms with Crippen molar-refractivity contribution < 1.29 is 24.5 Å². The van der Waals surface area contributed by atoms with Crippen LogP contribution in [-0.2, 0) is 14.3 Å². The number of unbranched alkanes of at least 4 members (excludes halogenated alkanes) is 59. The smallest absolute Gasteiger partial charge is 0.305 e. The van der Waals surface area contributed by atoms with Crippen LogP contribution in [0.3, 0.4) is 0 Å². The summed E-state index contributed by atoms with van der Waals surface area (Å²) < 4.78 is 5.51. The number of nitrogens with one attached hydrogen (secondary N) is 1. The molecule has 0 spiro atoms. The van der Waals surface area contributed by atoms with Gasteiger partial charge in [-0.1, -0.05) is 386 Å². The molecule has 82 heavy (non-hydrogen) atoms. The van der Waals surface area contributed by atoms with Crippen LogP contribution in [-0.4, -0.2) is 47.4 Å². The van der Waals surface area contributed by atoms with Gasteiger partial charge in [0, 0.05) is 12.8 Å². The van der Waals surface area contributed by atoms with E-state index in [0.29, 0.717) is 25.9 Å². The van der Waals surface area contributed by atoms with Crippen molar-refractivity contribution in [2.24, 2.45) is 0 Å². The Morgan fingerprint density at radius 3 is 0.866 bits per heavy atom. The number of aliphatic hydroxyl groups is 2. The summed E-state index contributed by atoms with van der Waals surface area (Å²) in [5, 5.41) is 23.4. The third-order valence-electron chi connectivity index (χ3n) is 18.1. The molecule has 2 unspecified atom stereocenters. The van der Waals surface area contributed by atoms with E-state index < -0.39 is 12.1 Å². The van der Waals surface area contributed by atoms with E-state index in [1.165, 1.54) is 366 Å². The highest BCUT2D eigenvalue weighted by molar-refractivity contribution is 5.76. The van der Waals surface area contributed by atoms with Gasteiger partial charge in [0.15, 0.2) is 0 Å². The Hall–Kier alpha value is -1.40. The van der Waals surface area contributed by atoms with Crippen LogP contribution in [0, 0.1) is 0 Å². The lowest BCUT2D eigenvalue weighted by Gasteiger charge is -2.22. The molecular formula is C76H149NO5. The maximum absolute atomic E-state index is 12.5. The zero-order valence-electron chi connectivity index (χ0n) is 56.0. The Bertz CT molecular complexity index is 1240. The van der Waals surface area contributed by atoms with Crippen molar-refractivity contribution in [3.63, 3.8) is 0 Å². The monoisotopic (exact) mass is 1160 g/mol. The van der Waals surface area contributed by atoms with Gasteiger partial charge in [-0.05, 0) is 51.4 Å². The summed E-state index contributed by atoms with van der Waals surface area (Å²) in [7, 11) is 0. The molecule has 0 bridgehead atoms. The van der Waals surface area contributed by atoms with E-state index in [9.17, 15) is 19.8 Å². The first-order valence-electron chi connectivity index (χ1n) is 37.9. The highest BCUT2D eigenvalue weighted by Crippen LogP contribution is 2.20. The summed E-state index contributed by atoms with van der Waals surface area (Å²) in [4.78, 5) is 24.7. The van der Waals surface area contributed by atoms with Gasteiger partial charge in [0.25, 0.3) is 0 Å². The van der Waals surface area contributed by atoms with Crippen LogP contribution in [0.1, 0.15) is 438 Å². The molecule has 0 aliphatic heterocycles. The van der Waals surface area contributed by atoms with Gasteiger partial charge in [0.05, 0.1) is 25.4 Å². The molecular weight excluding hydrogens is 1010 g/mol. The van der Waals surface area contributed by atoms with E-state index >= 15 is 0 Å². The fourth-order valence-corrected chi connectivity index (χ4v) is 12.3. The van der Waals surface area contributed by atoms with E-state index in [1.54, 1.807) is 0 Å². The SMILES string of the molecule is CCCCCCCCCCCCCCCCCCCCC(=O)OCCCCCCCCCCCCCC/C=C\CCCCCCCCCCCCCCCC(=O)NC(CO)C(O)CCCCCCCCCCCCCCCCCCCC. The number of carbonyl (C=O) groups is 2. The molecule has 0 heterocycles. The number of hydrogen-bond acceptors (Lipinski definition) is 5. The predicted molar refractivity (Wildman–Crippen MR) is 361 cm³/mol. The van der Waals surface area contributed by atoms with Crippen molar-refractivity contribution in [3.05, 3.63) is 12.2 Å². The molecule has 0 fully saturated rings. The molecule has 0 saturated heterocycles. The molecule has 6 nitrogen and oxygen atoms in total. The van der Waals surface area contributed by atoms with Gasteiger partial charge in [0.2, 0.25) is 5.91 Å². The zero-order chi connectivity index (χ0) is 59.2. The van der Waals surface area contributed by atoms with Crippen molar-refractivity contribution in [2.45, 2.75) is 450 Å². The molecule has 0 radical (unpaired) electrons. The normalized spacial score (nSPS) is 12.5. The van der Waals surface area contributed by atoms with Gasteiger partial charge in [-0.25, -0.2) is 0 Å². The summed E-state index contributed by atoms with van der Waals surface area (Å²) in [5.74, 6) is -0.00735. The number of amides is 1. The van der Waals surface area contributed by atoms with Crippen LogP contribution < -0.4 is 5.32 Å². The standard InChI is InChI=1S/C76H149NO5/c1-3-5-7-9-11-13-15-17-19-21-36-40-44-48-52-56-60-64-68-74(79)73(72-78)77-75(80)69-65-61-57-53-49-45-41-37-34-32-30-28-26-24-23-25-27-29-31-33-35-39-43-47-51-55-59-63-67-71-82-76(81)70-66-62-58-54-50-46-42-38-22-20-18-16-14-12-10-8-6-4-2/h23,25,73-74,78-79H,3-22,24,26-72H2,1-2H3,(H,77,80)/b25-23-. The van der Waals surface area contributed by atoms with E-state index in [4.69, 9.17) is 4.74 Å². The zero-order valence-corrected chi connectivity index (χ0v) is 56.0. The van der Waals surface area contributed by atoms with Crippen molar-refractivity contribution >= 4 is 11.9 Å². The molecule has 0 rings (SSSR count). The predicted octanol–water partition coefficient (Wildman–Crippen LogP) is 24.7. The highest BCUT2D eigenvalue weighted by atomic mass is 16.5. The summed E-state index contributed by atoms with van der Waals surface area (Å²) in [6, 6.07) is -0.541. The summed E-state index contributed by atoms with van der Waals surface area (Å²) >= 11 is 0. The Morgan fingerprint density at radius 1 is 0.329 bits per heavy atom. The minimum Gasteiger partial charge on any atom is -0.466 e. The number of carbonyl (C=O) groups excluding carboxylic acids is 2. The van der Waals surface area contributed by atoms with E-state index in [-0.39, 0.29) is 18.5 Å². The van der Waals surface area contributed by atoms with Gasteiger partial charge in [-0.2, -0.15) is 0 Å². The Balaban J connectivity index is 3.35. The molecule has 2 atom stereocenters. The van der Waals surface area contributed by atoms with Crippen LogP contribution in [0.4, 0.5) is 0 Å². The number of hydrogen-bond donors (Lipinski definition) is 3. The average Bonchev–Trinajstić information content (AvgIpc) is 3.48. The first-order chi connectivity index (χ1) is 40.5. The van der Waals surface area contributed by atoms with Gasteiger partial charge in [-0.3, -0.25) is 9.59 Å². The molecule has 0 aliphatic rings. The number of ether oxygens (including phenoxy) is 1. The van der Waals surface area contributed by atoms with Crippen LogP contribution in [0.15, 0.2) is 12.2 Å². The van der Waals surface area contributed by atoms with Crippen molar-refractivity contribution in [2.75, 3.05) is 13.2 Å². The topological polar surface area (TPSA) is 95.9 Å². The number of aliphatic hydroxyl groups excluding tert-OH is 2. The molecule has 0 aromatic carbocycles. The summed E-state index contributed by atoms with van der Waals surface area (Å²) in [6.45, 7) is 5.01. The van der Waals surface area contributed by atoms with E-state index in [1.807, 2.05) is 0 Å². The van der Waals surface area contributed by atoms with Crippen molar-refractivity contribution in [3.8, 4) is 0 Å². The lowest BCUT2D eigenvalue weighted by atomic mass is 10.0. The molecule has 1 amide bonds. The summed E-state index contributed by atoms with van der Waals surface area (Å²) in [5.41, 5.74) is 0. The lowest BCUT2D eigenvalue weighted by molar-refractivity contribution is -0.143. The fourth-order valence-electron chi connectivity index (χ4n) is 12.3. The molecule has 6 heteroatoms. The van der Waals surface area contributed by atoms with Crippen LogP contribution in [0.2, 0.25) is 0 Å². The Morgan fingerprint density at radius 2 is 0.573 bits per heavy atom. The van der Waals surface area contributed by atoms with Crippen molar-refractivity contribution in [1.29, 1.82) is 0 Å². The van der Waals surface area contributed by atoms with Crippen molar-refractivity contribution in [1.82, 2.24) is 5.32 Å². The fraction of sp³-hybridized carbons (Fsp3) is 0.947. The van der Waals surface area contributed by atoms with Crippen LogP contribution in [0.25, 0.3) is 0 Å². The first kappa shape index (κ1) is 80.6. The summed E-state index contributed by atoms with van der Waals surface area (Å²) in [6.07, 6.45) is 90.0. The van der Waals surface area contributed by atoms with E-state index in [0.717, 1.165) is 38.5 Å². The van der Waals surface area contributed by atoms with Crippen LogP contribution >= 0.6 is 0 Å². The Kier molecular flexibility index (Phi) is 70.8. The largest absolute Gasteiger partial charge is 0.466 e. The molecule has 0 aromatic rings. The average molecular weight is 1160 g/mol. The second-order valence-corrected chi connectivity index (χ2v) is 26.3. The maximum Gasteiger partial charge on any atom is 0.305 e. The minimum atomic E-state index is -0.664. The van der Waals surface area contributed by atoms with Gasteiger partial charge >= 0.3 is 5.97 Å². The third-order valence-corrected chi connectivity index (χ3v) is 18.1. The number of rotatable bonds is 72. The van der Waals surface area contributed by atoms with Gasteiger partial charge in [0.1, 0.15) is 0 Å². The van der Waals surface area contributed by atoms with Gasteiger partial charge in [-0.15, -0.1) is 0 Å². The second kappa shape index (κ2) is 72.1. The molecule has 488 valence electrons. The molecule has 0 aromatic heterocycles. The van der Waals surface area contributed by atoms with Crippen LogP contribution in [0.5, 0.6) is 0 Å². The minimum absolute atomic E-state index is 0.0222. The quantitative estimate of drug-likeness (QED) is 0.0320. The highest BCUT2D eigenvalue weighted by Gasteiger charge is 2.20. The maximum atomic E-state index is 12.5. The van der Waals surface area contributed by atoms with E-state index in [2.05, 4.69) is 31.3 Å². The molecule has 3 N–H and O–H groups in total.